The van der Waals surface area contributed by atoms with Crippen LogP contribution in [0, 0.1) is 5.92 Å². The standard InChI is InChI=1S/C18H20N2O3/c21-15-4-5-17(22)14(7-15)11-19-8-12-6-13(10-19)16-2-1-3-18(23)20(16)9-12/h1-5,7,12-13,21-22H,6,8-11H2/t12-,13+/m0/s1. The number of likely N-dealkylation sites (tertiary alicyclic amines) is 1. The van der Waals surface area contributed by atoms with Gasteiger partial charge in [-0.15, -0.1) is 0 Å². The summed E-state index contributed by atoms with van der Waals surface area (Å²) in [6.07, 6.45) is 1.12. The van der Waals surface area contributed by atoms with Gasteiger partial charge in [-0.05, 0) is 36.6 Å². The van der Waals surface area contributed by atoms with E-state index in [1.807, 2.05) is 10.6 Å². The molecule has 1 aromatic heterocycles. The maximum absolute atomic E-state index is 12.0. The Kier molecular flexibility index (Phi) is 3.38. The van der Waals surface area contributed by atoms with E-state index in [-0.39, 0.29) is 17.1 Å². The van der Waals surface area contributed by atoms with Crippen molar-refractivity contribution in [2.24, 2.45) is 5.92 Å². The third-order valence-corrected chi connectivity index (χ3v) is 5.01. The molecular weight excluding hydrogens is 292 g/mol. The summed E-state index contributed by atoms with van der Waals surface area (Å²) < 4.78 is 1.92. The SMILES string of the molecule is O=c1cccc2n1C[C@H]1C[C@@H]2CN(Cc2cc(O)ccc2O)C1. The van der Waals surface area contributed by atoms with Crippen LogP contribution in [0.3, 0.4) is 0 Å². The van der Waals surface area contributed by atoms with Gasteiger partial charge in [0.25, 0.3) is 5.56 Å². The first-order chi connectivity index (χ1) is 11.1. The number of nitrogens with zero attached hydrogens (tertiary/aromatic N) is 2. The van der Waals surface area contributed by atoms with Crippen molar-refractivity contribution < 1.29 is 10.2 Å². The molecule has 1 aromatic carbocycles. The average molecular weight is 312 g/mol. The second-order valence-electron chi connectivity index (χ2n) is 6.71. The van der Waals surface area contributed by atoms with Crippen molar-refractivity contribution in [2.45, 2.75) is 25.4 Å². The molecule has 2 N–H and O–H groups in total. The minimum Gasteiger partial charge on any atom is -0.508 e. The van der Waals surface area contributed by atoms with Gasteiger partial charge in [-0.3, -0.25) is 9.69 Å². The molecule has 2 aliphatic rings. The van der Waals surface area contributed by atoms with Crippen LogP contribution in [0.25, 0.3) is 0 Å². The highest BCUT2D eigenvalue weighted by Gasteiger charge is 2.34. The summed E-state index contributed by atoms with van der Waals surface area (Å²) in [5, 5.41) is 19.6. The number of benzene rings is 1. The molecule has 2 bridgehead atoms. The van der Waals surface area contributed by atoms with E-state index in [2.05, 4.69) is 11.0 Å². The van der Waals surface area contributed by atoms with E-state index in [0.29, 0.717) is 18.4 Å². The molecule has 23 heavy (non-hydrogen) atoms. The van der Waals surface area contributed by atoms with Gasteiger partial charge in [0, 0.05) is 49.4 Å². The number of piperidine rings is 1. The second kappa shape index (κ2) is 5.42. The molecule has 0 saturated carbocycles. The molecule has 0 radical (unpaired) electrons. The largest absolute Gasteiger partial charge is 0.508 e. The predicted molar refractivity (Wildman–Crippen MR) is 86.6 cm³/mol. The van der Waals surface area contributed by atoms with Crippen molar-refractivity contribution in [3.05, 3.63) is 58.0 Å². The van der Waals surface area contributed by atoms with Gasteiger partial charge in [-0.1, -0.05) is 6.07 Å². The molecule has 0 amide bonds. The third-order valence-electron chi connectivity index (χ3n) is 5.01. The summed E-state index contributed by atoms with van der Waals surface area (Å²) in [6, 6.07) is 10.2. The van der Waals surface area contributed by atoms with Crippen LogP contribution in [0.1, 0.15) is 23.6 Å². The van der Waals surface area contributed by atoms with Crippen LogP contribution in [0.2, 0.25) is 0 Å². The number of pyridine rings is 1. The summed E-state index contributed by atoms with van der Waals surface area (Å²) in [5.41, 5.74) is 1.96. The molecule has 4 rings (SSSR count). The molecule has 2 aromatic rings. The molecule has 120 valence electrons. The summed E-state index contributed by atoms with van der Waals surface area (Å²) >= 11 is 0. The van der Waals surface area contributed by atoms with Crippen LogP contribution in [-0.4, -0.2) is 32.8 Å². The van der Waals surface area contributed by atoms with Crippen molar-refractivity contribution in [1.29, 1.82) is 0 Å². The van der Waals surface area contributed by atoms with Crippen LogP contribution in [0.4, 0.5) is 0 Å². The van der Waals surface area contributed by atoms with Crippen molar-refractivity contribution in [3.8, 4) is 11.5 Å². The van der Waals surface area contributed by atoms with Crippen molar-refractivity contribution in [3.63, 3.8) is 0 Å². The van der Waals surface area contributed by atoms with Gasteiger partial charge in [-0.2, -0.15) is 0 Å². The van der Waals surface area contributed by atoms with Crippen LogP contribution in [0.15, 0.2) is 41.2 Å². The molecule has 0 aliphatic carbocycles. The van der Waals surface area contributed by atoms with Gasteiger partial charge >= 0.3 is 0 Å². The lowest BCUT2D eigenvalue weighted by Gasteiger charge is -2.42. The number of aromatic nitrogens is 1. The lowest BCUT2D eigenvalue weighted by molar-refractivity contribution is 0.113. The van der Waals surface area contributed by atoms with Crippen LogP contribution in [-0.2, 0) is 13.1 Å². The highest BCUT2D eigenvalue weighted by molar-refractivity contribution is 5.38. The lowest BCUT2D eigenvalue weighted by Crippen LogP contribution is -2.46. The minimum atomic E-state index is 0.0938. The molecule has 3 heterocycles. The number of aromatic hydroxyl groups is 2. The summed E-state index contributed by atoms with van der Waals surface area (Å²) in [4.78, 5) is 14.4. The molecule has 0 unspecified atom stereocenters. The summed E-state index contributed by atoms with van der Waals surface area (Å²) in [6.45, 7) is 3.17. The molecule has 1 saturated heterocycles. The Morgan fingerprint density at radius 2 is 1.96 bits per heavy atom. The summed E-state index contributed by atoms with van der Waals surface area (Å²) in [5.74, 6) is 1.21. The van der Waals surface area contributed by atoms with E-state index in [1.165, 1.54) is 12.1 Å². The van der Waals surface area contributed by atoms with Crippen molar-refractivity contribution >= 4 is 0 Å². The first-order valence-electron chi connectivity index (χ1n) is 8.03. The van der Waals surface area contributed by atoms with Crippen molar-refractivity contribution in [2.75, 3.05) is 13.1 Å². The zero-order valence-corrected chi connectivity index (χ0v) is 12.9. The number of hydrogen-bond donors (Lipinski definition) is 2. The zero-order chi connectivity index (χ0) is 16.0. The van der Waals surface area contributed by atoms with E-state index < -0.39 is 0 Å². The summed E-state index contributed by atoms with van der Waals surface area (Å²) in [7, 11) is 0. The number of fused-ring (bicyclic) bond motifs is 4. The van der Waals surface area contributed by atoms with Gasteiger partial charge in [0.2, 0.25) is 0 Å². The Morgan fingerprint density at radius 3 is 2.83 bits per heavy atom. The monoisotopic (exact) mass is 312 g/mol. The molecule has 2 atom stereocenters. The van der Waals surface area contributed by atoms with Crippen LogP contribution in [0.5, 0.6) is 11.5 Å². The predicted octanol–water partition coefficient (Wildman–Crippen LogP) is 1.88. The number of rotatable bonds is 2. The molecular formula is C18H20N2O3. The van der Waals surface area contributed by atoms with E-state index in [4.69, 9.17) is 0 Å². The van der Waals surface area contributed by atoms with Gasteiger partial charge in [0.05, 0.1) is 0 Å². The normalized spacial score (nSPS) is 23.5. The molecule has 5 heteroatoms. The fourth-order valence-electron chi connectivity index (χ4n) is 4.06. The Balaban J connectivity index is 1.59. The van der Waals surface area contributed by atoms with Crippen LogP contribution < -0.4 is 5.56 Å². The van der Waals surface area contributed by atoms with E-state index in [0.717, 1.165) is 37.3 Å². The fourth-order valence-corrected chi connectivity index (χ4v) is 4.06. The minimum absolute atomic E-state index is 0.0938. The van der Waals surface area contributed by atoms with Crippen molar-refractivity contribution in [1.82, 2.24) is 9.47 Å². The first kappa shape index (κ1) is 14.3. The van der Waals surface area contributed by atoms with Crippen LogP contribution >= 0.6 is 0 Å². The van der Waals surface area contributed by atoms with E-state index in [9.17, 15) is 15.0 Å². The number of phenolic OH excluding ortho intramolecular Hbond substituents is 2. The van der Waals surface area contributed by atoms with Gasteiger partial charge in [0.15, 0.2) is 0 Å². The third kappa shape index (κ3) is 2.61. The Morgan fingerprint density at radius 1 is 1.09 bits per heavy atom. The molecule has 5 nitrogen and oxygen atoms in total. The Labute approximate surface area is 134 Å². The second-order valence-corrected chi connectivity index (χ2v) is 6.71. The van der Waals surface area contributed by atoms with Gasteiger partial charge in [-0.25, -0.2) is 0 Å². The highest BCUT2D eigenvalue weighted by Crippen LogP contribution is 2.36. The van der Waals surface area contributed by atoms with E-state index in [1.54, 1.807) is 12.1 Å². The van der Waals surface area contributed by atoms with Gasteiger partial charge in [0.1, 0.15) is 11.5 Å². The fraction of sp³-hybridized carbons (Fsp3) is 0.389. The number of phenols is 2. The lowest BCUT2D eigenvalue weighted by atomic mass is 9.83. The first-order valence-corrected chi connectivity index (χ1v) is 8.03. The number of hydrogen-bond acceptors (Lipinski definition) is 4. The maximum Gasteiger partial charge on any atom is 0.250 e. The van der Waals surface area contributed by atoms with Gasteiger partial charge < -0.3 is 14.8 Å². The smallest absolute Gasteiger partial charge is 0.250 e. The average Bonchev–Trinajstić information content (AvgIpc) is 2.52. The maximum atomic E-state index is 12.0. The topological polar surface area (TPSA) is 65.7 Å². The molecule has 1 fully saturated rings. The molecule has 2 aliphatic heterocycles. The van der Waals surface area contributed by atoms with E-state index >= 15 is 0 Å². The Bertz CT molecular complexity index is 799. The zero-order valence-electron chi connectivity index (χ0n) is 12.9. The Hall–Kier alpha value is -2.27. The quantitative estimate of drug-likeness (QED) is 0.831. The highest BCUT2D eigenvalue weighted by atomic mass is 16.3. The molecule has 0 spiro atoms.